The second-order valence-electron chi connectivity index (χ2n) is 18.8. The first kappa shape index (κ1) is 43.4. The molecule has 2 aromatic carbocycles. The van der Waals surface area contributed by atoms with Crippen molar-refractivity contribution >= 4 is 29.8 Å². The summed E-state index contributed by atoms with van der Waals surface area (Å²) in [5.41, 5.74) is -9.60. The van der Waals surface area contributed by atoms with Crippen molar-refractivity contribution in [1.82, 2.24) is 5.32 Å². The quantitative estimate of drug-likeness (QED) is 0.160. The van der Waals surface area contributed by atoms with Crippen molar-refractivity contribution < 1.29 is 68.1 Å². The first-order valence-corrected chi connectivity index (χ1v) is 20.3. The third-order valence-electron chi connectivity index (χ3n) is 13.8. The fraction of sp³-hybridized carbons (Fsp3) is 0.578. The van der Waals surface area contributed by atoms with Crippen molar-refractivity contribution in [2.24, 2.45) is 16.7 Å². The molecule has 1 aliphatic heterocycles. The molecule has 60 heavy (non-hydrogen) atoms. The number of benzene rings is 2. The highest BCUT2D eigenvalue weighted by Crippen LogP contribution is 2.64. The summed E-state index contributed by atoms with van der Waals surface area (Å²) in [5.74, 6) is -5.28. The molecule has 15 nitrogen and oxygen atoms in total. The number of aliphatic hydroxyl groups excluding tert-OH is 2. The Morgan fingerprint density at radius 3 is 2.20 bits per heavy atom. The molecule has 0 unspecified atom stereocenters. The van der Waals surface area contributed by atoms with E-state index in [2.05, 4.69) is 5.32 Å². The number of rotatable bonds is 6. The number of amides is 1. The van der Waals surface area contributed by atoms with Gasteiger partial charge in [-0.1, -0.05) is 56.3 Å². The molecule has 0 radical (unpaired) electrons. The first-order valence-electron chi connectivity index (χ1n) is 20.3. The average Bonchev–Trinajstić information content (AvgIpc) is 3.16. The summed E-state index contributed by atoms with van der Waals surface area (Å²) in [6.07, 6.45) is -9.36. The lowest BCUT2D eigenvalue weighted by molar-refractivity contribution is -0.346. The molecule has 15 heteroatoms. The van der Waals surface area contributed by atoms with Gasteiger partial charge >= 0.3 is 24.0 Å². The van der Waals surface area contributed by atoms with Gasteiger partial charge in [0.25, 0.3) is 0 Å². The van der Waals surface area contributed by atoms with Crippen molar-refractivity contribution in [3.63, 3.8) is 0 Å². The number of esters is 3. The summed E-state index contributed by atoms with van der Waals surface area (Å²) < 4.78 is 30.0. The molecule has 2 bridgehead atoms. The lowest BCUT2D eigenvalue weighted by atomic mass is 9.44. The molecule has 2 aromatic rings. The number of carbonyl (C=O) groups is 5. The van der Waals surface area contributed by atoms with Gasteiger partial charge in [0, 0.05) is 25.2 Å². The van der Waals surface area contributed by atoms with Crippen LogP contribution >= 0.6 is 0 Å². The van der Waals surface area contributed by atoms with Crippen LogP contribution in [-0.2, 0) is 44.5 Å². The van der Waals surface area contributed by atoms with E-state index in [9.17, 15) is 39.6 Å². The zero-order valence-electron chi connectivity index (χ0n) is 35.1. The SMILES string of the molecule is CC(=O)O[C@@]12CO[C@@H]1C[C@H](O)[C@@]1(C)C(=O)[C@H](O)C3=C(C)[C@@H](OC(=O)[C@@]4(O)CCc5ccccc5[C@@H]4NC(=O)OC(C)(C)C)C[C@@](O)([C@@H](OC(=O)c4ccccc4)[C@H]21)C3(C)C. The van der Waals surface area contributed by atoms with E-state index in [4.69, 9.17) is 23.7 Å². The standard InChI is InChI=1S/C45H55NO14/c1-23-28(57-38(52)43(54)19-18-25-14-12-13-17-27(25)34(43)46-39(53)60-40(3,4)5)21-45(55)36(58-37(51)26-15-10-9-11-16-26)33-42(8,35(50)32(49)31(23)41(45,6)7)29(48)20-30-44(33,22-56-30)59-24(2)47/h9-17,28-30,32-34,36,48-49,54-55H,18-22H2,1-8H3,(H,46,53)/t28-,29-,30+,32+,33-,34-,36-,42+,43+,44-,45+/m0/s1. The van der Waals surface area contributed by atoms with Crippen LogP contribution in [0.5, 0.6) is 0 Å². The molecule has 11 atom stereocenters. The second kappa shape index (κ2) is 14.8. The van der Waals surface area contributed by atoms with E-state index in [1.165, 1.54) is 26.0 Å². The van der Waals surface area contributed by atoms with Gasteiger partial charge in [-0.3, -0.25) is 9.59 Å². The topological polar surface area (TPSA) is 224 Å². The van der Waals surface area contributed by atoms with Gasteiger partial charge in [0.15, 0.2) is 17.0 Å². The molecule has 0 aromatic heterocycles. The summed E-state index contributed by atoms with van der Waals surface area (Å²) in [4.78, 5) is 70.0. The fourth-order valence-corrected chi connectivity index (χ4v) is 10.6. The third-order valence-corrected chi connectivity index (χ3v) is 13.8. The van der Waals surface area contributed by atoms with Gasteiger partial charge in [-0.25, -0.2) is 14.4 Å². The van der Waals surface area contributed by atoms with Gasteiger partial charge in [0.05, 0.1) is 35.6 Å². The van der Waals surface area contributed by atoms with Crippen molar-refractivity contribution in [2.45, 2.75) is 140 Å². The zero-order chi connectivity index (χ0) is 44.0. The molecule has 4 aliphatic carbocycles. The van der Waals surface area contributed by atoms with Gasteiger partial charge in [-0.05, 0) is 81.9 Å². The second-order valence-corrected chi connectivity index (χ2v) is 18.8. The number of ether oxygens (including phenoxy) is 5. The van der Waals surface area contributed by atoms with E-state index in [0.29, 0.717) is 5.56 Å². The van der Waals surface area contributed by atoms with Crippen LogP contribution in [0.25, 0.3) is 0 Å². The number of hydrogen-bond acceptors (Lipinski definition) is 14. The van der Waals surface area contributed by atoms with Crippen molar-refractivity contribution in [3.05, 3.63) is 82.4 Å². The van der Waals surface area contributed by atoms with E-state index in [-0.39, 0.29) is 42.6 Å². The molecule has 5 N–H and O–H groups in total. The predicted octanol–water partition coefficient (Wildman–Crippen LogP) is 3.58. The smallest absolute Gasteiger partial charge is 0.408 e. The Labute approximate surface area is 348 Å². The van der Waals surface area contributed by atoms with Gasteiger partial charge < -0.3 is 49.4 Å². The monoisotopic (exact) mass is 833 g/mol. The maximum absolute atomic E-state index is 15.0. The molecule has 1 amide bonds. The number of Topliss-reactive ketones (excluding diaryl/α,β-unsaturated/α-hetero) is 1. The van der Waals surface area contributed by atoms with E-state index in [1.54, 1.807) is 71.0 Å². The van der Waals surface area contributed by atoms with E-state index in [1.807, 2.05) is 6.07 Å². The van der Waals surface area contributed by atoms with Crippen LogP contribution in [0, 0.1) is 16.7 Å². The number of ketones is 1. The molecule has 7 rings (SSSR count). The third kappa shape index (κ3) is 6.64. The van der Waals surface area contributed by atoms with E-state index >= 15 is 4.79 Å². The maximum atomic E-state index is 15.0. The minimum absolute atomic E-state index is 0.0513. The van der Waals surface area contributed by atoms with Crippen LogP contribution < -0.4 is 5.32 Å². The summed E-state index contributed by atoms with van der Waals surface area (Å²) in [6, 6.07) is 13.5. The first-order chi connectivity index (χ1) is 27.9. The molecule has 3 fully saturated rings. The lowest BCUT2D eigenvalue weighted by Crippen LogP contribution is -2.81. The van der Waals surface area contributed by atoms with Crippen LogP contribution in [-0.4, -0.2) is 110 Å². The van der Waals surface area contributed by atoms with Crippen LogP contribution in [0.3, 0.4) is 0 Å². The molecule has 0 spiro atoms. The Bertz CT molecular complexity index is 2130. The molecule has 1 heterocycles. The molecule has 5 aliphatic rings. The lowest BCUT2D eigenvalue weighted by Gasteiger charge is -2.67. The Balaban J connectivity index is 1.37. The number of aliphatic hydroxyl groups is 4. The highest BCUT2D eigenvalue weighted by molar-refractivity contribution is 5.94. The van der Waals surface area contributed by atoms with E-state index < -0.39 is 112 Å². The summed E-state index contributed by atoms with van der Waals surface area (Å²) in [7, 11) is 0. The van der Waals surface area contributed by atoms with Gasteiger partial charge in [0.1, 0.15) is 35.6 Å². The number of alkyl carbamates (subject to hydrolysis) is 1. The number of hydrogen-bond donors (Lipinski definition) is 5. The predicted molar refractivity (Wildman–Crippen MR) is 211 cm³/mol. The van der Waals surface area contributed by atoms with Crippen LogP contribution in [0.2, 0.25) is 0 Å². The summed E-state index contributed by atoms with van der Waals surface area (Å²) in [6.45, 7) is 11.9. The summed E-state index contributed by atoms with van der Waals surface area (Å²) in [5, 5.41) is 52.8. The number of carbonyl (C=O) groups excluding carboxylic acids is 5. The molecule has 2 saturated carbocycles. The van der Waals surface area contributed by atoms with Gasteiger partial charge in [-0.2, -0.15) is 0 Å². The Morgan fingerprint density at radius 1 is 0.933 bits per heavy atom. The number of nitrogens with one attached hydrogen (secondary N) is 1. The van der Waals surface area contributed by atoms with Gasteiger partial charge in [0.2, 0.25) is 0 Å². The van der Waals surface area contributed by atoms with E-state index in [0.717, 1.165) is 12.5 Å². The number of aryl methyl sites for hydroxylation is 1. The zero-order valence-corrected chi connectivity index (χ0v) is 35.1. The van der Waals surface area contributed by atoms with Crippen LogP contribution in [0.4, 0.5) is 4.79 Å². The maximum Gasteiger partial charge on any atom is 0.408 e. The normalized spacial score (nSPS) is 36.7. The molecule has 324 valence electrons. The van der Waals surface area contributed by atoms with Crippen molar-refractivity contribution in [2.75, 3.05) is 6.61 Å². The Kier molecular flexibility index (Phi) is 10.7. The minimum Gasteiger partial charge on any atom is -0.456 e. The van der Waals surface area contributed by atoms with Crippen molar-refractivity contribution in [3.8, 4) is 0 Å². The number of fused-ring (bicyclic) bond motifs is 6. The Hall–Kier alpha value is -4.67. The van der Waals surface area contributed by atoms with Gasteiger partial charge in [-0.15, -0.1) is 0 Å². The molecular weight excluding hydrogens is 778 g/mol. The minimum atomic E-state index is -2.39. The Morgan fingerprint density at radius 2 is 1.58 bits per heavy atom. The fourth-order valence-electron chi connectivity index (χ4n) is 10.6. The summed E-state index contributed by atoms with van der Waals surface area (Å²) >= 11 is 0. The average molecular weight is 834 g/mol. The van der Waals surface area contributed by atoms with Crippen molar-refractivity contribution in [1.29, 1.82) is 0 Å². The molecular formula is C45H55NO14. The molecule has 1 saturated heterocycles. The largest absolute Gasteiger partial charge is 0.456 e. The van der Waals surface area contributed by atoms with Crippen LogP contribution in [0.15, 0.2) is 65.7 Å². The highest BCUT2D eigenvalue weighted by atomic mass is 16.6. The highest BCUT2D eigenvalue weighted by Gasteiger charge is 2.78. The van der Waals surface area contributed by atoms with Crippen LogP contribution in [0.1, 0.15) is 102 Å².